The van der Waals surface area contributed by atoms with Gasteiger partial charge < -0.3 is 4.90 Å². The SMILES string of the molecule is O=c1c2ccccc2c(Cc2ccc(Cl)cc2)nn1C1CCCN(CCCc2ccccc2)CC1. The van der Waals surface area contributed by atoms with Crippen LogP contribution < -0.4 is 5.56 Å². The number of likely N-dealkylation sites (tertiary alicyclic amines) is 1. The van der Waals surface area contributed by atoms with E-state index < -0.39 is 0 Å². The van der Waals surface area contributed by atoms with Gasteiger partial charge >= 0.3 is 0 Å². The minimum Gasteiger partial charge on any atom is -0.303 e. The minimum atomic E-state index is 0.0305. The standard InChI is InChI=1S/C30H32ClN3O/c31-25-16-14-24(15-17-25)22-29-27-12-4-5-13-28(27)30(35)34(32-29)26-11-7-20-33(21-18-26)19-6-10-23-8-2-1-3-9-23/h1-5,8-9,12-17,26H,6-7,10-11,18-22H2. The first-order valence-electron chi connectivity index (χ1n) is 12.7. The Bertz CT molecular complexity index is 1320. The third-order valence-corrected chi connectivity index (χ3v) is 7.36. The van der Waals surface area contributed by atoms with Gasteiger partial charge in [0.2, 0.25) is 0 Å². The highest BCUT2D eigenvalue weighted by atomic mass is 35.5. The summed E-state index contributed by atoms with van der Waals surface area (Å²) >= 11 is 6.08. The van der Waals surface area contributed by atoms with E-state index in [1.54, 1.807) is 4.68 Å². The maximum atomic E-state index is 13.5. The monoisotopic (exact) mass is 485 g/mol. The third-order valence-electron chi connectivity index (χ3n) is 7.11. The molecule has 1 unspecified atom stereocenters. The molecule has 3 aromatic carbocycles. The molecule has 1 fully saturated rings. The van der Waals surface area contributed by atoms with E-state index in [2.05, 4.69) is 35.2 Å². The molecule has 0 spiro atoms. The lowest BCUT2D eigenvalue weighted by molar-refractivity contribution is 0.275. The fourth-order valence-electron chi connectivity index (χ4n) is 5.21. The van der Waals surface area contributed by atoms with Crippen LogP contribution in [0.1, 0.15) is 48.5 Å². The van der Waals surface area contributed by atoms with Gasteiger partial charge in [-0.15, -0.1) is 0 Å². The highest BCUT2D eigenvalue weighted by molar-refractivity contribution is 6.30. The topological polar surface area (TPSA) is 38.1 Å². The zero-order chi connectivity index (χ0) is 24.0. The molecule has 4 nitrogen and oxygen atoms in total. The molecule has 1 aromatic heterocycles. The van der Waals surface area contributed by atoms with E-state index in [0.717, 1.165) is 78.8 Å². The largest absolute Gasteiger partial charge is 0.303 e. The van der Waals surface area contributed by atoms with Gasteiger partial charge in [-0.1, -0.05) is 72.3 Å². The Kier molecular flexibility index (Phi) is 7.60. The summed E-state index contributed by atoms with van der Waals surface area (Å²) in [4.78, 5) is 16.0. The summed E-state index contributed by atoms with van der Waals surface area (Å²) in [6.07, 6.45) is 5.98. The van der Waals surface area contributed by atoms with Crippen LogP contribution in [0, 0.1) is 0 Å². The first-order valence-corrected chi connectivity index (χ1v) is 13.1. The first kappa shape index (κ1) is 23.8. The Morgan fingerprint density at radius 3 is 2.37 bits per heavy atom. The molecule has 0 N–H and O–H groups in total. The minimum absolute atomic E-state index is 0.0305. The molecule has 1 aliphatic rings. The Labute approximate surface area is 212 Å². The number of aryl methyl sites for hydroxylation is 1. The zero-order valence-corrected chi connectivity index (χ0v) is 20.8. The Morgan fingerprint density at radius 1 is 0.829 bits per heavy atom. The number of rotatable bonds is 7. The zero-order valence-electron chi connectivity index (χ0n) is 20.1. The van der Waals surface area contributed by atoms with E-state index in [1.165, 1.54) is 5.56 Å². The van der Waals surface area contributed by atoms with Gasteiger partial charge in [-0.25, -0.2) is 4.68 Å². The normalized spacial score (nSPS) is 16.9. The van der Waals surface area contributed by atoms with Crippen molar-refractivity contribution in [1.82, 2.24) is 14.7 Å². The lowest BCUT2D eigenvalue weighted by Crippen LogP contribution is -2.30. The van der Waals surface area contributed by atoms with Crippen LogP contribution in [-0.2, 0) is 12.8 Å². The number of benzene rings is 3. The number of fused-ring (bicyclic) bond motifs is 1. The first-order chi connectivity index (χ1) is 17.2. The number of hydrogen-bond donors (Lipinski definition) is 0. The van der Waals surface area contributed by atoms with Crippen molar-refractivity contribution in [2.45, 2.75) is 44.6 Å². The van der Waals surface area contributed by atoms with Crippen LogP contribution in [-0.4, -0.2) is 34.3 Å². The Hall–Kier alpha value is -2.95. The number of nitrogens with zero attached hydrogens (tertiary/aromatic N) is 3. The van der Waals surface area contributed by atoms with Crippen molar-refractivity contribution in [3.63, 3.8) is 0 Å². The molecular weight excluding hydrogens is 454 g/mol. The Balaban J connectivity index is 1.33. The fraction of sp³-hybridized carbons (Fsp3) is 0.333. The lowest BCUT2D eigenvalue weighted by atomic mass is 10.0. The molecule has 1 saturated heterocycles. The van der Waals surface area contributed by atoms with E-state index in [1.807, 2.05) is 48.5 Å². The van der Waals surface area contributed by atoms with Gasteiger partial charge in [0.05, 0.1) is 17.1 Å². The average Bonchev–Trinajstić information content (AvgIpc) is 3.13. The van der Waals surface area contributed by atoms with E-state index in [-0.39, 0.29) is 11.6 Å². The molecule has 0 amide bonds. The molecule has 1 atom stereocenters. The maximum Gasteiger partial charge on any atom is 0.274 e. The third kappa shape index (κ3) is 5.83. The van der Waals surface area contributed by atoms with Crippen molar-refractivity contribution in [3.8, 4) is 0 Å². The molecule has 180 valence electrons. The summed E-state index contributed by atoms with van der Waals surface area (Å²) in [5, 5.41) is 7.39. The van der Waals surface area contributed by atoms with Crippen molar-refractivity contribution >= 4 is 22.4 Å². The van der Waals surface area contributed by atoms with E-state index >= 15 is 0 Å². The quantitative estimate of drug-likeness (QED) is 0.308. The molecule has 0 bridgehead atoms. The van der Waals surface area contributed by atoms with E-state index in [4.69, 9.17) is 16.7 Å². The molecule has 2 heterocycles. The highest BCUT2D eigenvalue weighted by Crippen LogP contribution is 2.24. The summed E-state index contributed by atoms with van der Waals surface area (Å²) in [5.74, 6) is 0. The van der Waals surface area contributed by atoms with Crippen LogP contribution in [0.25, 0.3) is 10.8 Å². The second-order valence-electron chi connectivity index (χ2n) is 9.56. The molecule has 1 aliphatic heterocycles. The van der Waals surface area contributed by atoms with Crippen molar-refractivity contribution < 1.29 is 0 Å². The molecule has 35 heavy (non-hydrogen) atoms. The summed E-state index contributed by atoms with van der Waals surface area (Å²) in [6.45, 7) is 3.20. The van der Waals surface area contributed by atoms with Crippen LogP contribution in [0.15, 0.2) is 83.7 Å². The predicted octanol–water partition coefficient (Wildman–Crippen LogP) is 6.30. The van der Waals surface area contributed by atoms with Gasteiger partial charge in [-0.3, -0.25) is 4.79 Å². The second-order valence-corrected chi connectivity index (χ2v) is 10.00. The predicted molar refractivity (Wildman–Crippen MR) is 144 cm³/mol. The lowest BCUT2D eigenvalue weighted by Gasteiger charge is -2.21. The number of hydrogen-bond acceptors (Lipinski definition) is 3. The maximum absolute atomic E-state index is 13.5. The van der Waals surface area contributed by atoms with Crippen LogP contribution in [0.5, 0.6) is 0 Å². The summed E-state index contributed by atoms with van der Waals surface area (Å²) in [7, 11) is 0. The van der Waals surface area contributed by atoms with Gasteiger partial charge in [0.25, 0.3) is 5.56 Å². The van der Waals surface area contributed by atoms with Crippen LogP contribution in [0.2, 0.25) is 5.02 Å². The van der Waals surface area contributed by atoms with Gasteiger partial charge in [-0.2, -0.15) is 5.10 Å². The molecule has 4 aromatic rings. The highest BCUT2D eigenvalue weighted by Gasteiger charge is 2.22. The fourth-order valence-corrected chi connectivity index (χ4v) is 5.33. The van der Waals surface area contributed by atoms with Crippen LogP contribution in [0.4, 0.5) is 0 Å². The van der Waals surface area contributed by atoms with Gasteiger partial charge in [0.1, 0.15) is 0 Å². The summed E-state index contributed by atoms with van der Waals surface area (Å²) in [6, 6.07) is 26.6. The molecular formula is C30H32ClN3O. The van der Waals surface area contributed by atoms with Gasteiger partial charge in [-0.05, 0) is 74.5 Å². The second kappa shape index (κ2) is 11.2. The molecule has 0 radical (unpaired) electrons. The number of halogens is 1. The van der Waals surface area contributed by atoms with Crippen LogP contribution >= 0.6 is 11.6 Å². The molecule has 0 saturated carbocycles. The van der Waals surface area contributed by atoms with Crippen molar-refractivity contribution in [2.24, 2.45) is 0 Å². The summed E-state index contributed by atoms with van der Waals surface area (Å²) in [5.41, 5.74) is 3.53. The number of aromatic nitrogens is 2. The van der Waals surface area contributed by atoms with Crippen molar-refractivity contribution in [1.29, 1.82) is 0 Å². The Morgan fingerprint density at radius 2 is 1.57 bits per heavy atom. The van der Waals surface area contributed by atoms with Gasteiger partial charge in [0, 0.05) is 23.4 Å². The van der Waals surface area contributed by atoms with Crippen molar-refractivity contribution in [2.75, 3.05) is 19.6 Å². The van der Waals surface area contributed by atoms with Crippen LogP contribution in [0.3, 0.4) is 0 Å². The molecule has 5 rings (SSSR count). The summed E-state index contributed by atoms with van der Waals surface area (Å²) < 4.78 is 1.79. The van der Waals surface area contributed by atoms with E-state index in [9.17, 15) is 4.79 Å². The van der Waals surface area contributed by atoms with Gasteiger partial charge in [0.15, 0.2) is 0 Å². The van der Waals surface area contributed by atoms with E-state index in [0.29, 0.717) is 6.42 Å². The molecule has 0 aliphatic carbocycles. The smallest absolute Gasteiger partial charge is 0.274 e. The van der Waals surface area contributed by atoms with Crippen molar-refractivity contribution in [3.05, 3.63) is 111 Å². The average molecular weight is 486 g/mol. The molecule has 5 heteroatoms.